The highest BCUT2D eigenvalue weighted by molar-refractivity contribution is 6.03. The Morgan fingerprint density at radius 2 is 1.83 bits per heavy atom. The number of carbonyl (C=O) groups is 1. The van der Waals surface area contributed by atoms with Crippen LogP contribution in [0, 0.1) is 17.8 Å². The molecule has 5 rings (SSSR count). The molecule has 1 aromatic rings. The molecule has 1 saturated carbocycles. The van der Waals surface area contributed by atoms with Gasteiger partial charge in [0, 0.05) is 44.1 Å². The molecule has 3 N–H and O–H groups in total. The lowest BCUT2D eigenvalue weighted by molar-refractivity contribution is -0.256. The number of unbranched alkanes of at least 4 members (excludes halogenated alkanes) is 2. The Kier molecular flexibility index (Phi) is 16.2. The van der Waals surface area contributed by atoms with Crippen molar-refractivity contribution in [2.75, 3.05) is 66.5 Å². The largest absolute Gasteiger partial charge is 0.490 e. The maximum atomic E-state index is 13.8. The lowest BCUT2D eigenvalue weighted by Gasteiger charge is -2.59. The third kappa shape index (κ3) is 9.66. The Morgan fingerprint density at radius 1 is 1.04 bits per heavy atom. The molecule has 54 heavy (non-hydrogen) atoms. The van der Waals surface area contributed by atoms with E-state index in [2.05, 4.69) is 19.2 Å². The van der Waals surface area contributed by atoms with E-state index in [0.29, 0.717) is 43.3 Å². The molecule has 13 nitrogen and oxygen atoms in total. The quantitative estimate of drug-likeness (QED) is 0.0781. The molecule has 13 heteroatoms. The number of fused-ring (bicyclic) bond motifs is 2. The van der Waals surface area contributed by atoms with Crippen molar-refractivity contribution >= 4 is 11.8 Å². The number of benzene rings is 1. The number of hydrogen-bond donors (Lipinski definition) is 3. The Bertz CT molecular complexity index is 1430. The molecule has 7 unspecified atom stereocenters. The summed E-state index contributed by atoms with van der Waals surface area (Å²) in [5.74, 6) is -0.668. The first-order valence-corrected chi connectivity index (χ1v) is 19.6. The van der Waals surface area contributed by atoms with Gasteiger partial charge in [0.1, 0.15) is 24.1 Å². The van der Waals surface area contributed by atoms with Crippen LogP contribution in [0.5, 0.6) is 11.5 Å². The number of nitrogens with zero attached hydrogens (tertiary/aromatic N) is 2. The van der Waals surface area contributed by atoms with Gasteiger partial charge in [-0.25, -0.2) is 4.79 Å². The molecule has 300 valence electrons. The zero-order chi connectivity index (χ0) is 38.3. The number of aliphatic hydroxyl groups excluding tert-OH is 3. The van der Waals surface area contributed by atoms with Gasteiger partial charge in [-0.1, -0.05) is 42.8 Å². The fourth-order valence-corrected chi connectivity index (χ4v) is 8.63. The standard InChI is InChI=1S/C41H60N2O11/c1-4-21-50-30-15-16-35-33(27-30)38-31(13-7-10-19-45)29(12-6-9-18-44)26-32-34(42-54-37-14-8-11-23-51-37)28-36(41(53-35,39(32)38)52-22-5-2)43(40(47)48-3)17-24-49-25-20-46/h4-5,15-16,26-27,29,31,36-39,44-46H,1-2,6-14,17-25,28H2,3H3. The Hall–Kier alpha value is -3.46. The van der Waals surface area contributed by atoms with Crippen LogP contribution in [0.15, 0.2) is 60.3 Å². The monoisotopic (exact) mass is 756 g/mol. The van der Waals surface area contributed by atoms with E-state index in [0.717, 1.165) is 56.1 Å². The topological polar surface area (TPSA) is 158 Å². The van der Waals surface area contributed by atoms with Gasteiger partial charge in [-0.2, -0.15) is 0 Å². The van der Waals surface area contributed by atoms with Crippen LogP contribution in [0.1, 0.15) is 75.7 Å². The predicted octanol–water partition coefficient (Wildman–Crippen LogP) is 5.49. The van der Waals surface area contributed by atoms with Crippen LogP contribution in [0.2, 0.25) is 0 Å². The van der Waals surface area contributed by atoms with Crippen LogP contribution < -0.4 is 9.47 Å². The minimum atomic E-state index is -1.43. The van der Waals surface area contributed by atoms with Gasteiger partial charge in [0.15, 0.2) is 0 Å². The van der Waals surface area contributed by atoms with Crippen LogP contribution >= 0.6 is 0 Å². The van der Waals surface area contributed by atoms with E-state index in [4.69, 9.17) is 38.4 Å². The highest BCUT2D eigenvalue weighted by Gasteiger charge is 2.65. The lowest BCUT2D eigenvalue weighted by atomic mass is 9.55. The molecule has 0 spiro atoms. The second-order valence-electron chi connectivity index (χ2n) is 14.3. The molecule has 1 amide bonds. The number of hydrogen-bond acceptors (Lipinski definition) is 12. The van der Waals surface area contributed by atoms with Crippen molar-refractivity contribution in [3.63, 3.8) is 0 Å². The number of ether oxygens (including phenoxy) is 6. The number of amides is 1. The van der Waals surface area contributed by atoms with Crippen molar-refractivity contribution in [3.05, 3.63) is 60.7 Å². The van der Waals surface area contributed by atoms with Crippen molar-refractivity contribution in [3.8, 4) is 11.5 Å². The Balaban J connectivity index is 1.75. The van der Waals surface area contributed by atoms with Gasteiger partial charge in [-0.3, -0.25) is 4.90 Å². The molecule has 0 bridgehead atoms. The van der Waals surface area contributed by atoms with Crippen molar-refractivity contribution in [1.82, 2.24) is 4.90 Å². The van der Waals surface area contributed by atoms with E-state index in [1.807, 2.05) is 18.2 Å². The molecule has 1 aromatic carbocycles. The van der Waals surface area contributed by atoms with E-state index in [-0.39, 0.29) is 70.4 Å². The SMILES string of the molecule is C=CCOc1ccc2c(c1)C1C(CCCCO)C(CCCCO)C=C3C(=NOC4CCCCO4)CC(N(CCOCCO)C(=O)OC)C(OCC=C)(O2)C31. The summed E-state index contributed by atoms with van der Waals surface area (Å²) < 4.78 is 37.2. The Morgan fingerprint density at radius 3 is 2.54 bits per heavy atom. The van der Waals surface area contributed by atoms with Crippen molar-refractivity contribution in [1.29, 1.82) is 0 Å². The van der Waals surface area contributed by atoms with E-state index >= 15 is 0 Å². The minimum absolute atomic E-state index is 0.0649. The molecule has 0 aromatic heterocycles. The minimum Gasteiger partial charge on any atom is -0.490 e. The van der Waals surface area contributed by atoms with Crippen LogP contribution in [0.3, 0.4) is 0 Å². The molecular weight excluding hydrogens is 696 g/mol. The third-order valence-electron chi connectivity index (χ3n) is 10.9. The summed E-state index contributed by atoms with van der Waals surface area (Å²) in [6.07, 6.45) is 12.1. The van der Waals surface area contributed by atoms with Crippen LogP contribution in [-0.4, -0.2) is 117 Å². The lowest BCUT2D eigenvalue weighted by Crippen LogP contribution is -2.70. The first kappa shape index (κ1) is 41.7. The van der Waals surface area contributed by atoms with Gasteiger partial charge in [-0.15, -0.1) is 6.58 Å². The molecule has 2 aliphatic carbocycles. The second-order valence-corrected chi connectivity index (χ2v) is 14.3. The van der Waals surface area contributed by atoms with Crippen molar-refractivity contribution in [2.45, 2.75) is 88.2 Å². The fraction of sp³-hybridized carbons (Fsp3) is 0.659. The van der Waals surface area contributed by atoms with E-state index in [9.17, 15) is 20.1 Å². The first-order chi connectivity index (χ1) is 26.5. The zero-order valence-corrected chi connectivity index (χ0v) is 31.8. The van der Waals surface area contributed by atoms with E-state index in [1.165, 1.54) is 7.11 Å². The van der Waals surface area contributed by atoms with E-state index < -0.39 is 30.1 Å². The van der Waals surface area contributed by atoms with Gasteiger partial charge >= 0.3 is 6.09 Å². The average Bonchev–Trinajstić information content (AvgIpc) is 3.20. The molecule has 2 fully saturated rings. The summed E-state index contributed by atoms with van der Waals surface area (Å²) in [4.78, 5) is 21.6. The van der Waals surface area contributed by atoms with Gasteiger partial charge in [0.05, 0.1) is 51.8 Å². The molecule has 2 aliphatic heterocycles. The van der Waals surface area contributed by atoms with Gasteiger partial charge in [-0.05, 0) is 74.1 Å². The van der Waals surface area contributed by atoms with Crippen molar-refractivity contribution < 1.29 is 53.4 Å². The highest BCUT2D eigenvalue weighted by Crippen LogP contribution is 2.62. The maximum Gasteiger partial charge on any atom is 0.410 e. The van der Waals surface area contributed by atoms with E-state index in [1.54, 1.807) is 17.1 Å². The van der Waals surface area contributed by atoms with Crippen LogP contribution in [0.25, 0.3) is 0 Å². The van der Waals surface area contributed by atoms with Crippen LogP contribution in [0.4, 0.5) is 4.79 Å². The maximum absolute atomic E-state index is 13.8. The molecule has 2 heterocycles. The van der Waals surface area contributed by atoms with Gasteiger partial charge in [0.25, 0.3) is 0 Å². The zero-order valence-electron chi connectivity index (χ0n) is 31.8. The van der Waals surface area contributed by atoms with Gasteiger partial charge < -0.3 is 48.6 Å². The summed E-state index contributed by atoms with van der Waals surface area (Å²) in [6, 6.07) is 5.05. The second kappa shape index (κ2) is 21.0. The molecule has 1 saturated heterocycles. The average molecular weight is 757 g/mol. The van der Waals surface area contributed by atoms with Crippen molar-refractivity contribution in [2.24, 2.45) is 22.9 Å². The normalized spacial score (nSPS) is 27.9. The Labute approximate surface area is 319 Å². The third-order valence-corrected chi connectivity index (χ3v) is 10.9. The predicted molar refractivity (Wildman–Crippen MR) is 202 cm³/mol. The molecule has 4 aliphatic rings. The number of oxime groups is 1. The summed E-state index contributed by atoms with van der Waals surface area (Å²) >= 11 is 0. The number of rotatable bonds is 22. The number of allylic oxidation sites excluding steroid dienone is 1. The smallest absolute Gasteiger partial charge is 0.410 e. The van der Waals surface area contributed by atoms with Crippen LogP contribution in [-0.2, 0) is 23.8 Å². The first-order valence-electron chi connectivity index (χ1n) is 19.6. The molecular formula is C41H60N2O11. The highest BCUT2D eigenvalue weighted by atomic mass is 16.8. The summed E-state index contributed by atoms with van der Waals surface area (Å²) in [5, 5.41) is 33.9. The number of aliphatic hydroxyl groups is 3. The molecule has 0 radical (unpaired) electrons. The molecule has 7 atom stereocenters. The summed E-state index contributed by atoms with van der Waals surface area (Å²) in [6.45, 7) is 9.28. The summed E-state index contributed by atoms with van der Waals surface area (Å²) in [5.41, 5.74) is 2.55. The number of methoxy groups -OCH3 is 1. The fourth-order valence-electron chi connectivity index (χ4n) is 8.63. The summed E-state index contributed by atoms with van der Waals surface area (Å²) in [7, 11) is 1.34. The number of carbonyl (C=O) groups excluding carboxylic acids is 1. The van der Waals surface area contributed by atoms with Gasteiger partial charge in [0.2, 0.25) is 12.1 Å².